The van der Waals surface area contributed by atoms with Gasteiger partial charge in [0.2, 0.25) is 5.95 Å². The zero-order chi connectivity index (χ0) is 25.3. The van der Waals surface area contributed by atoms with Gasteiger partial charge in [-0.05, 0) is 57.9 Å². The molecule has 2 atom stereocenters. The van der Waals surface area contributed by atoms with E-state index in [2.05, 4.69) is 48.1 Å². The van der Waals surface area contributed by atoms with Gasteiger partial charge >= 0.3 is 0 Å². The minimum absolute atomic E-state index is 0.0834. The summed E-state index contributed by atoms with van der Waals surface area (Å²) in [6, 6.07) is 7.06. The maximum Gasteiger partial charge on any atom is 0.269 e. The van der Waals surface area contributed by atoms with E-state index in [-0.39, 0.29) is 41.5 Å². The molecule has 0 spiro atoms. The second kappa shape index (κ2) is 9.53. The number of carbonyl (C=O) groups excluding carboxylic acids is 1. The van der Waals surface area contributed by atoms with Crippen molar-refractivity contribution in [3.05, 3.63) is 42.5 Å². The van der Waals surface area contributed by atoms with E-state index in [0.29, 0.717) is 11.4 Å². The van der Waals surface area contributed by atoms with Crippen LogP contribution in [0.15, 0.2) is 36.7 Å². The number of rotatable bonds is 7. The van der Waals surface area contributed by atoms with E-state index in [0.717, 1.165) is 31.5 Å². The van der Waals surface area contributed by atoms with Gasteiger partial charge < -0.3 is 30.7 Å². The number of anilines is 6. The summed E-state index contributed by atoms with van der Waals surface area (Å²) >= 11 is 0. The van der Waals surface area contributed by atoms with E-state index >= 15 is 0 Å². The SMILES string of the molecule is CC(Nc1ccc(Nc2ncc(F)c(Nc3ccc4c(n3)NC(=O)C(C)(C)O4)n2)cn1)[C@H]1CCCO1. The van der Waals surface area contributed by atoms with Crippen LogP contribution in [0.1, 0.15) is 33.6 Å². The lowest BCUT2D eigenvalue weighted by atomic mass is 10.1. The van der Waals surface area contributed by atoms with Crippen LogP contribution >= 0.6 is 0 Å². The predicted octanol–water partition coefficient (Wildman–Crippen LogP) is 3.98. The molecule has 2 aliphatic rings. The van der Waals surface area contributed by atoms with Crippen molar-refractivity contribution in [2.75, 3.05) is 27.9 Å². The molecule has 2 aliphatic heterocycles. The first-order valence-corrected chi connectivity index (χ1v) is 11.7. The summed E-state index contributed by atoms with van der Waals surface area (Å²) < 4.78 is 25.8. The zero-order valence-corrected chi connectivity index (χ0v) is 20.1. The number of fused-ring (bicyclic) bond motifs is 1. The smallest absolute Gasteiger partial charge is 0.269 e. The average molecular weight is 495 g/mol. The Bertz CT molecular complexity index is 1260. The summed E-state index contributed by atoms with van der Waals surface area (Å²) in [6.45, 7) is 6.19. The number of aromatic nitrogens is 4. The first kappa shape index (κ1) is 23.7. The number of carbonyl (C=O) groups is 1. The van der Waals surface area contributed by atoms with Gasteiger partial charge in [-0.1, -0.05) is 0 Å². The van der Waals surface area contributed by atoms with Gasteiger partial charge in [-0.3, -0.25) is 4.79 Å². The van der Waals surface area contributed by atoms with Crippen molar-refractivity contribution in [3.8, 4) is 5.75 Å². The highest BCUT2D eigenvalue weighted by Gasteiger charge is 2.36. The topological polar surface area (TPSA) is 135 Å². The molecule has 4 N–H and O–H groups in total. The van der Waals surface area contributed by atoms with Crippen LogP contribution in [-0.2, 0) is 9.53 Å². The fourth-order valence-electron chi connectivity index (χ4n) is 3.91. The Morgan fingerprint density at radius 3 is 2.69 bits per heavy atom. The van der Waals surface area contributed by atoms with Crippen LogP contribution in [0, 0.1) is 5.82 Å². The Kier molecular flexibility index (Phi) is 6.27. The van der Waals surface area contributed by atoms with E-state index in [4.69, 9.17) is 9.47 Å². The molecular weight excluding hydrogens is 467 g/mol. The standard InChI is InChI=1S/C24H27FN8O3/c1-13(16-5-4-10-35-16)28-18-8-6-14(11-26-18)29-23-27-12-15(25)20(33-23)30-19-9-7-17-21(31-19)32-22(34)24(2,3)36-17/h6-9,11-13,16H,4-5,10H2,1-3H3,(H,26,28)(H3,27,29,30,31,32,33,34)/t13?,16-/m1/s1. The fourth-order valence-corrected chi connectivity index (χ4v) is 3.91. The summed E-state index contributed by atoms with van der Waals surface area (Å²) in [5.41, 5.74) is -0.369. The van der Waals surface area contributed by atoms with Gasteiger partial charge in [-0.2, -0.15) is 4.98 Å². The first-order chi connectivity index (χ1) is 17.3. The van der Waals surface area contributed by atoms with E-state index < -0.39 is 11.4 Å². The van der Waals surface area contributed by atoms with Crippen LogP contribution in [0.4, 0.5) is 39.3 Å². The van der Waals surface area contributed by atoms with E-state index in [9.17, 15) is 9.18 Å². The maximum atomic E-state index is 14.4. The molecule has 5 heterocycles. The maximum absolute atomic E-state index is 14.4. The van der Waals surface area contributed by atoms with E-state index in [1.807, 2.05) is 12.1 Å². The quantitative estimate of drug-likeness (QED) is 0.382. The summed E-state index contributed by atoms with van der Waals surface area (Å²) in [5, 5.41) is 11.9. The molecule has 3 aromatic rings. The van der Waals surface area contributed by atoms with E-state index in [1.165, 1.54) is 0 Å². The highest BCUT2D eigenvalue weighted by atomic mass is 19.1. The van der Waals surface area contributed by atoms with Crippen LogP contribution in [0.3, 0.4) is 0 Å². The minimum atomic E-state index is -1.01. The summed E-state index contributed by atoms with van der Waals surface area (Å²) in [5.74, 6) is 0.766. The summed E-state index contributed by atoms with van der Waals surface area (Å²) in [7, 11) is 0. The van der Waals surface area contributed by atoms with Crippen molar-refractivity contribution in [1.29, 1.82) is 0 Å². The van der Waals surface area contributed by atoms with E-state index in [1.54, 1.807) is 32.2 Å². The molecule has 5 rings (SSSR count). The third-order valence-corrected chi connectivity index (χ3v) is 5.91. The molecular formula is C24H27FN8O3. The van der Waals surface area contributed by atoms with Gasteiger partial charge in [-0.25, -0.2) is 19.3 Å². The molecule has 1 fully saturated rings. The Hall–Kier alpha value is -4.06. The molecule has 1 saturated heterocycles. The molecule has 0 saturated carbocycles. The molecule has 0 bridgehead atoms. The Morgan fingerprint density at radius 1 is 1.11 bits per heavy atom. The second-order valence-corrected chi connectivity index (χ2v) is 9.17. The molecule has 0 aliphatic carbocycles. The van der Waals surface area contributed by atoms with Crippen molar-refractivity contribution in [2.45, 2.75) is 51.4 Å². The van der Waals surface area contributed by atoms with Gasteiger partial charge in [0.25, 0.3) is 5.91 Å². The number of amides is 1. The van der Waals surface area contributed by atoms with Crippen molar-refractivity contribution in [2.24, 2.45) is 0 Å². The van der Waals surface area contributed by atoms with Gasteiger partial charge in [0.1, 0.15) is 11.6 Å². The Morgan fingerprint density at radius 2 is 1.94 bits per heavy atom. The summed E-state index contributed by atoms with van der Waals surface area (Å²) in [4.78, 5) is 29.1. The van der Waals surface area contributed by atoms with Gasteiger partial charge in [-0.15, -0.1) is 0 Å². The highest BCUT2D eigenvalue weighted by molar-refractivity contribution is 5.99. The van der Waals surface area contributed by atoms with Crippen LogP contribution < -0.4 is 26.0 Å². The Labute approximate surface area is 207 Å². The van der Waals surface area contributed by atoms with Crippen LogP contribution in [-0.4, -0.2) is 50.2 Å². The predicted molar refractivity (Wildman–Crippen MR) is 132 cm³/mol. The van der Waals surface area contributed by atoms with Crippen LogP contribution in [0.25, 0.3) is 0 Å². The molecule has 3 aromatic heterocycles. The fraction of sp³-hybridized carbons (Fsp3) is 0.375. The van der Waals surface area contributed by atoms with Crippen molar-refractivity contribution in [1.82, 2.24) is 19.9 Å². The number of pyridine rings is 2. The molecule has 36 heavy (non-hydrogen) atoms. The average Bonchev–Trinajstić information content (AvgIpc) is 3.39. The highest BCUT2D eigenvalue weighted by Crippen LogP contribution is 2.33. The van der Waals surface area contributed by atoms with Gasteiger partial charge in [0, 0.05) is 6.61 Å². The Balaban J connectivity index is 1.25. The number of halogens is 1. The van der Waals surface area contributed by atoms with Crippen molar-refractivity contribution >= 4 is 40.8 Å². The molecule has 188 valence electrons. The largest absolute Gasteiger partial charge is 0.474 e. The molecule has 0 aromatic carbocycles. The lowest BCUT2D eigenvalue weighted by molar-refractivity contribution is -0.129. The monoisotopic (exact) mass is 494 g/mol. The molecule has 0 radical (unpaired) electrons. The van der Waals surface area contributed by atoms with Gasteiger partial charge in [0.15, 0.2) is 28.8 Å². The minimum Gasteiger partial charge on any atom is -0.474 e. The molecule has 1 unspecified atom stereocenters. The molecule has 1 amide bonds. The van der Waals surface area contributed by atoms with Gasteiger partial charge in [0.05, 0.1) is 30.2 Å². The van der Waals surface area contributed by atoms with Crippen molar-refractivity contribution in [3.63, 3.8) is 0 Å². The lowest BCUT2D eigenvalue weighted by Crippen LogP contribution is -2.46. The molecule has 11 nitrogen and oxygen atoms in total. The first-order valence-electron chi connectivity index (χ1n) is 11.7. The zero-order valence-electron chi connectivity index (χ0n) is 20.1. The second-order valence-electron chi connectivity index (χ2n) is 9.17. The van der Waals surface area contributed by atoms with Crippen LogP contribution in [0.2, 0.25) is 0 Å². The third-order valence-electron chi connectivity index (χ3n) is 5.91. The lowest BCUT2D eigenvalue weighted by Gasteiger charge is -2.30. The molecule has 12 heteroatoms. The third kappa shape index (κ3) is 5.13. The normalized spacial score (nSPS) is 19.0. The van der Waals surface area contributed by atoms with Crippen molar-refractivity contribution < 1.29 is 18.7 Å². The number of nitrogens with one attached hydrogen (secondary N) is 4. The number of nitrogens with zero attached hydrogens (tertiary/aromatic N) is 4. The number of ether oxygens (including phenoxy) is 2. The number of hydrogen-bond acceptors (Lipinski definition) is 10. The summed E-state index contributed by atoms with van der Waals surface area (Å²) in [6.07, 6.45) is 4.99. The number of hydrogen-bond donors (Lipinski definition) is 4. The van der Waals surface area contributed by atoms with Crippen LogP contribution in [0.5, 0.6) is 5.75 Å².